The number of hydrogen-bond donors (Lipinski definition) is 1. The summed E-state index contributed by atoms with van der Waals surface area (Å²) in [6.45, 7) is 4.35. The second-order valence-electron chi connectivity index (χ2n) is 6.37. The van der Waals surface area contributed by atoms with E-state index in [4.69, 9.17) is 4.74 Å². The summed E-state index contributed by atoms with van der Waals surface area (Å²) in [4.78, 5) is 25.7. The highest BCUT2D eigenvalue weighted by atomic mass is 16.5. The molecule has 5 heteroatoms. The minimum absolute atomic E-state index is 0.0970. The van der Waals surface area contributed by atoms with Gasteiger partial charge in [0.05, 0.1) is 5.92 Å². The average Bonchev–Trinajstić information content (AvgIpc) is 2.60. The van der Waals surface area contributed by atoms with Crippen molar-refractivity contribution in [2.45, 2.75) is 26.3 Å². The number of carbonyl (C=O) groups excluding carboxylic acids is 1. The molecule has 1 amide bonds. The van der Waals surface area contributed by atoms with E-state index in [9.17, 15) is 14.7 Å². The van der Waals surface area contributed by atoms with Gasteiger partial charge >= 0.3 is 5.97 Å². The first-order chi connectivity index (χ1) is 12.0. The molecule has 5 nitrogen and oxygen atoms in total. The third-order valence-electron chi connectivity index (χ3n) is 4.59. The highest BCUT2D eigenvalue weighted by Gasteiger charge is 2.32. The van der Waals surface area contributed by atoms with Gasteiger partial charge in [0.2, 0.25) is 0 Å². The van der Waals surface area contributed by atoms with E-state index in [0.29, 0.717) is 12.3 Å². The molecule has 1 unspecified atom stereocenters. The Morgan fingerprint density at radius 3 is 2.48 bits per heavy atom. The van der Waals surface area contributed by atoms with E-state index in [1.807, 2.05) is 56.3 Å². The molecule has 1 aliphatic rings. The summed E-state index contributed by atoms with van der Waals surface area (Å²) >= 11 is 0. The maximum atomic E-state index is 12.6. The summed E-state index contributed by atoms with van der Waals surface area (Å²) in [5, 5.41) is 9.50. The van der Waals surface area contributed by atoms with Crippen molar-refractivity contribution >= 4 is 11.9 Å². The Bertz CT molecular complexity index is 795. The minimum atomic E-state index is -0.916. The third kappa shape index (κ3) is 3.50. The number of hydrogen-bond acceptors (Lipinski definition) is 3. The van der Waals surface area contributed by atoms with Crippen LogP contribution in [0.4, 0.5) is 0 Å². The van der Waals surface area contributed by atoms with Crippen molar-refractivity contribution in [1.82, 2.24) is 4.90 Å². The van der Waals surface area contributed by atoms with E-state index in [-0.39, 0.29) is 19.1 Å². The van der Waals surface area contributed by atoms with Crippen molar-refractivity contribution in [3.8, 4) is 5.75 Å². The van der Waals surface area contributed by atoms with Crippen molar-refractivity contribution < 1.29 is 19.4 Å². The van der Waals surface area contributed by atoms with Crippen LogP contribution in [0.1, 0.15) is 28.2 Å². The fourth-order valence-corrected chi connectivity index (χ4v) is 3.26. The van der Waals surface area contributed by atoms with E-state index in [2.05, 4.69) is 0 Å². The number of carbonyl (C=O) groups is 2. The molecule has 0 radical (unpaired) electrons. The SMILES string of the molecule is Cc1cccc(C)c1OCC(=O)N1Cc2ccccc2C(C(=O)O)C1. The summed E-state index contributed by atoms with van der Waals surface area (Å²) in [6.07, 6.45) is 0. The van der Waals surface area contributed by atoms with E-state index in [1.165, 1.54) is 0 Å². The summed E-state index contributed by atoms with van der Waals surface area (Å²) in [7, 11) is 0. The van der Waals surface area contributed by atoms with Gasteiger partial charge in [-0.3, -0.25) is 9.59 Å². The molecule has 25 heavy (non-hydrogen) atoms. The molecular weight excluding hydrogens is 318 g/mol. The molecule has 0 aliphatic carbocycles. The largest absolute Gasteiger partial charge is 0.483 e. The van der Waals surface area contributed by atoms with Gasteiger partial charge in [-0.25, -0.2) is 0 Å². The molecule has 1 N–H and O–H groups in total. The number of benzene rings is 2. The molecule has 130 valence electrons. The number of amides is 1. The number of aryl methyl sites for hydroxylation is 2. The van der Waals surface area contributed by atoms with Crippen LogP contribution in [0.3, 0.4) is 0 Å². The van der Waals surface area contributed by atoms with Gasteiger partial charge in [0.15, 0.2) is 6.61 Å². The predicted molar refractivity (Wildman–Crippen MR) is 93.6 cm³/mol. The third-order valence-corrected chi connectivity index (χ3v) is 4.59. The van der Waals surface area contributed by atoms with Crippen LogP contribution in [0.2, 0.25) is 0 Å². The van der Waals surface area contributed by atoms with E-state index < -0.39 is 11.9 Å². The summed E-state index contributed by atoms with van der Waals surface area (Å²) < 4.78 is 5.73. The van der Waals surface area contributed by atoms with Crippen LogP contribution in [0.25, 0.3) is 0 Å². The van der Waals surface area contributed by atoms with Gasteiger partial charge in [-0.15, -0.1) is 0 Å². The average molecular weight is 339 g/mol. The number of rotatable bonds is 4. The molecule has 1 atom stereocenters. The van der Waals surface area contributed by atoms with Crippen LogP contribution in [-0.4, -0.2) is 35.0 Å². The number of ether oxygens (including phenoxy) is 1. The Morgan fingerprint density at radius 1 is 1.12 bits per heavy atom. The van der Waals surface area contributed by atoms with Crippen LogP contribution in [0.15, 0.2) is 42.5 Å². The first-order valence-electron chi connectivity index (χ1n) is 8.24. The molecule has 3 rings (SSSR count). The summed E-state index contributed by atoms with van der Waals surface area (Å²) in [5.74, 6) is -1.11. The van der Waals surface area contributed by atoms with Crippen molar-refractivity contribution in [2.75, 3.05) is 13.2 Å². The van der Waals surface area contributed by atoms with Crippen LogP contribution in [0.5, 0.6) is 5.75 Å². The predicted octanol–water partition coefficient (Wildman–Crippen LogP) is 2.89. The monoisotopic (exact) mass is 339 g/mol. The van der Waals surface area contributed by atoms with Crippen molar-refractivity contribution in [2.24, 2.45) is 0 Å². The van der Waals surface area contributed by atoms with Crippen LogP contribution < -0.4 is 4.74 Å². The van der Waals surface area contributed by atoms with Crippen molar-refractivity contribution in [1.29, 1.82) is 0 Å². The number of nitrogens with zero attached hydrogens (tertiary/aromatic N) is 1. The fraction of sp³-hybridized carbons (Fsp3) is 0.300. The number of fused-ring (bicyclic) bond motifs is 1. The molecule has 0 fully saturated rings. The standard InChI is InChI=1S/C20H21NO4/c1-13-6-5-7-14(2)19(13)25-12-18(22)21-10-15-8-3-4-9-16(15)17(11-21)20(23)24/h3-9,17H,10-12H2,1-2H3,(H,23,24). The van der Waals surface area contributed by atoms with Gasteiger partial charge in [-0.05, 0) is 36.1 Å². The van der Waals surface area contributed by atoms with Gasteiger partial charge in [0, 0.05) is 13.1 Å². The zero-order chi connectivity index (χ0) is 18.0. The topological polar surface area (TPSA) is 66.8 Å². The molecule has 0 spiro atoms. The molecule has 0 saturated carbocycles. The first-order valence-corrected chi connectivity index (χ1v) is 8.24. The molecule has 0 saturated heterocycles. The Labute approximate surface area is 146 Å². The Morgan fingerprint density at radius 2 is 1.80 bits per heavy atom. The molecular formula is C20H21NO4. The molecule has 1 aliphatic heterocycles. The highest BCUT2D eigenvalue weighted by molar-refractivity contribution is 5.82. The number of aliphatic carboxylic acids is 1. The maximum absolute atomic E-state index is 12.6. The number of para-hydroxylation sites is 1. The Balaban J connectivity index is 1.74. The van der Waals surface area contributed by atoms with Gasteiger partial charge in [0.1, 0.15) is 5.75 Å². The molecule has 0 aromatic heterocycles. The van der Waals surface area contributed by atoms with Crippen LogP contribution >= 0.6 is 0 Å². The zero-order valence-corrected chi connectivity index (χ0v) is 14.4. The highest BCUT2D eigenvalue weighted by Crippen LogP contribution is 2.29. The summed E-state index contributed by atoms with van der Waals surface area (Å²) in [6, 6.07) is 13.2. The lowest BCUT2D eigenvalue weighted by molar-refractivity contribution is -0.142. The second-order valence-corrected chi connectivity index (χ2v) is 6.37. The first kappa shape index (κ1) is 17.0. The lowest BCUT2D eigenvalue weighted by Gasteiger charge is -2.32. The van der Waals surface area contributed by atoms with Gasteiger partial charge in [-0.2, -0.15) is 0 Å². The second kappa shape index (κ2) is 6.97. The van der Waals surface area contributed by atoms with Crippen molar-refractivity contribution in [3.05, 3.63) is 64.7 Å². The lowest BCUT2D eigenvalue weighted by atomic mass is 9.90. The number of carboxylic acid groups (broad SMARTS) is 1. The van der Waals surface area contributed by atoms with E-state index in [0.717, 1.165) is 22.3 Å². The molecule has 0 bridgehead atoms. The van der Waals surface area contributed by atoms with E-state index >= 15 is 0 Å². The quantitative estimate of drug-likeness (QED) is 0.930. The van der Waals surface area contributed by atoms with Gasteiger partial charge < -0.3 is 14.7 Å². The zero-order valence-electron chi connectivity index (χ0n) is 14.4. The van der Waals surface area contributed by atoms with Gasteiger partial charge in [0.25, 0.3) is 5.91 Å². The number of carboxylic acids is 1. The van der Waals surface area contributed by atoms with Crippen molar-refractivity contribution in [3.63, 3.8) is 0 Å². The van der Waals surface area contributed by atoms with Gasteiger partial charge in [-0.1, -0.05) is 42.5 Å². The summed E-state index contributed by atoms with van der Waals surface area (Å²) in [5.41, 5.74) is 3.61. The normalized spacial score (nSPS) is 16.2. The molecule has 2 aromatic carbocycles. The smallest absolute Gasteiger partial charge is 0.312 e. The Hall–Kier alpha value is -2.82. The minimum Gasteiger partial charge on any atom is -0.483 e. The van der Waals surface area contributed by atoms with E-state index in [1.54, 1.807) is 4.90 Å². The maximum Gasteiger partial charge on any atom is 0.312 e. The van der Waals surface area contributed by atoms with Crippen LogP contribution in [0, 0.1) is 13.8 Å². The Kier molecular flexibility index (Phi) is 4.74. The molecule has 2 aromatic rings. The fourth-order valence-electron chi connectivity index (χ4n) is 3.26. The van der Waals surface area contributed by atoms with Crippen LogP contribution in [-0.2, 0) is 16.1 Å². The lowest BCUT2D eigenvalue weighted by Crippen LogP contribution is -2.42. The molecule has 1 heterocycles.